The molecule has 1 aromatic carbocycles. The molecule has 29 heavy (non-hydrogen) atoms. The molecular formula is C28H40O. The zero-order valence-electron chi connectivity index (χ0n) is 18.7. The largest absolute Gasteiger partial charge is 0.493 e. The van der Waals surface area contributed by atoms with Gasteiger partial charge in [0.25, 0.3) is 0 Å². The van der Waals surface area contributed by atoms with Gasteiger partial charge in [-0.3, -0.25) is 0 Å². The normalized spacial score (nSPS) is 27.4. The zero-order chi connectivity index (χ0) is 20.3. The van der Waals surface area contributed by atoms with Crippen molar-refractivity contribution in [1.82, 2.24) is 0 Å². The minimum absolute atomic E-state index is 0.583. The molecule has 1 nitrogen and oxygen atoms in total. The average Bonchev–Trinajstić information content (AvgIpc) is 2.78. The molecule has 0 aromatic heterocycles. The van der Waals surface area contributed by atoms with Crippen molar-refractivity contribution in [3.63, 3.8) is 0 Å². The van der Waals surface area contributed by atoms with E-state index in [4.69, 9.17) is 4.74 Å². The Labute approximate surface area is 179 Å². The highest BCUT2D eigenvalue weighted by atomic mass is 16.5. The van der Waals surface area contributed by atoms with Gasteiger partial charge in [-0.1, -0.05) is 56.7 Å². The number of aryl methyl sites for hydroxylation is 1. The van der Waals surface area contributed by atoms with Crippen LogP contribution >= 0.6 is 0 Å². The molecule has 2 aliphatic rings. The summed E-state index contributed by atoms with van der Waals surface area (Å²) < 4.78 is 6.02. The smallest absolute Gasteiger partial charge is 0.119 e. The van der Waals surface area contributed by atoms with Crippen LogP contribution < -0.4 is 4.74 Å². The number of rotatable bonds is 7. The second-order valence-corrected chi connectivity index (χ2v) is 9.24. The lowest BCUT2D eigenvalue weighted by atomic mass is 9.80. The molecule has 0 saturated heterocycles. The van der Waals surface area contributed by atoms with Crippen LogP contribution in [0.4, 0.5) is 0 Å². The predicted octanol–water partition coefficient (Wildman–Crippen LogP) is 7.60. The molecule has 0 bridgehead atoms. The summed E-state index contributed by atoms with van der Waals surface area (Å²) in [5.41, 5.74) is 1.37. The lowest BCUT2D eigenvalue weighted by molar-refractivity contribution is 0.196. The van der Waals surface area contributed by atoms with Crippen molar-refractivity contribution in [2.75, 3.05) is 6.61 Å². The molecule has 1 aromatic rings. The quantitative estimate of drug-likeness (QED) is 0.434. The van der Waals surface area contributed by atoms with Crippen molar-refractivity contribution < 1.29 is 4.74 Å². The van der Waals surface area contributed by atoms with E-state index >= 15 is 0 Å². The molecule has 0 radical (unpaired) electrons. The number of ether oxygens (including phenoxy) is 1. The van der Waals surface area contributed by atoms with Gasteiger partial charge in [0.2, 0.25) is 0 Å². The maximum Gasteiger partial charge on any atom is 0.119 e. The van der Waals surface area contributed by atoms with Gasteiger partial charge in [0.05, 0.1) is 6.61 Å². The van der Waals surface area contributed by atoms with Gasteiger partial charge in [-0.25, -0.2) is 0 Å². The van der Waals surface area contributed by atoms with Gasteiger partial charge in [-0.15, -0.1) is 0 Å². The maximum atomic E-state index is 6.02. The van der Waals surface area contributed by atoms with Crippen LogP contribution in [-0.4, -0.2) is 6.61 Å². The summed E-state index contributed by atoms with van der Waals surface area (Å²) in [5, 5.41) is 0. The molecule has 0 amide bonds. The van der Waals surface area contributed by atoms with Gasteiger partial charge in [0.1, 0.15) is 5.75 Å². The van der Waals surface area contributed by atoms with Gasteiger partial charge in [0, 0.05) is 5.92 Å². The van der Waals surface area contributed by atoms with Gasteiger partial charge in [-0.05, 0) is 99.3 Å². The maximum absolute atomic E-state index is 6.02. The highest BCUT2D eigenvalue weighted by Gasteiger charge is 2.20. The second kappa shape index (κ2) is 12.1. The van der Waals surface area contributed by atoms with Crippen LogP contribution in [0.15, 0.2) is 36.4 Å². The predicted molar refractivity (Wildman–Crippen MR) is 124 cm³/mol. The van der Waals surface area contributed by atoms with E-state index in [1.165, 1.54) is 69.8 Å². The molecule has 2 fully saturated rings. The van der Waals surface area contributed by atoms with E-state index in [-0.39, 0.29) is 0 Å². The van der Waals surface area contributed by atoms with Crippen LogP contribution in [-0.2, 0) is 6.42 Å². The van der Waals surface area contributed by atoms with Crippen LogP contribution in [0.5, 0.6) is 5.75 Å². The molecule has 0 spiro atoms. The fourth-order valence-electron chi connectivity index (χ4n) is 4.94. The highest BCUT2D eigenvalue weighted by molar-refractivity contribution is 5.27. The minimum atomic E-state index is 0.583. The van der Waals surface area contributed by atoms with Crippen molar-refractivity contribution in [2.45, 2.75) is 84.5 Å². The molecule has 0 N–H and O–H groups in total. The standard InChI is InChI=1S/C28H40O/c1-3-7-24-10-12-25(13-11-24)8-5-6-9-26-14-16-27(17-15-26)22-29-28-20-18-23(4-2)19-21-28/h5,8,18-21,24-27H,3-4,7,10-17,22H2,1-2H3/b8-5+. The molecule has 158 valence electrons. The Morgan fingerprint density at radius 2 is 1.59 bits per heavy atom. The number of benzene rings is 1. The Bertz CT molecular complexity index is 659. The van der Waals surface area contributed by atoms with E-state index in [1.807, 2.05) is 0 Å². The minimum Gasteiger partial charge on any atom is -0.493 e. The molecule has 0 aliphatic heterocycles. The van der Waals surface area contributed by atoms with E-state index in [9.17, 15) is 0 Å². The monoisotopic (exact) mass is 392 g/mol. The zero-order valence-corrected chi connectivity index (χ0v) is 18.7. The van der Waals surface area contributed by atoms with Crippen molar-refractivity contribution in [3.05, 3.63) is 42.0 Å². The molecule has 1 heteroatoms. The summed E-state index contributed by atoms with van der Waals surface area (Å²) in [4.78, 5) is 0. The van der Waals surface area contributed by atoms with Gasteiger partial charge in [-0.2, -0.15) is 0 Å². The lowest BCUT2D eigenvalue weighted by Gasteiger charge is -2.26. The van der Waals surface area contributed by atoms with Crippen LogP contribution in [0.25, 0.3) is 0 Å². The van der Waals surface area contributed by atoms with E-state index < -0.39 is 0 Å². The summed E-state index contributed by atoms with van der Waals surface area (Å²) in [5.74, 6) is 10.9. The number of hydrogen-bond donors (Lipinski definition) is 0. The first-order valence-electron chi connectivity index (χ1n) is 12.2. The third-order valence-electron chi connectivity index (χ3n) is 6.99. The summed E-state index contributed by atoms with van der Waals surface area (Å²) in [7, 11) is 0. The molecular weight excluding hydrogens is 352 g/mol. The lowest BCUT2D eigenvalue weighted by Crippen LogP contribution is -2.19. The molecule has 0 unspecified atom stereocenters. The summed E-state index contributed by atoms with van der Waals surface area (Å²) in [6.07, 6.45) is 18.9. The van der Waals surface area contributed by atoms with E-state index in [2.05, 4.69) is 62.1 Å². The SMILES string of the molecule is CCCC1CCC(/C=C/C#CC2CCC(COc3ccc(CC)cc3)CC2)CC1. The first kappa shape index (κ1) is 22.0. The van der Waals surface area contributed by atoms with Crippen LogP contribution in [0.1, 0.15) is 83.6 Å². The first-order valence-corrected chi connectivity index (χ1v) is 12.2. The van der Waals surface area contributed by atoms with Crippen molar-refractivity contribution in [2.24, 2.45) is 23.7 Å². The summed E-state index contributed by atoms with van der Waals surface area (Å²) >= 11 is 0. The number of allylic oxidation sites excluding steroid dienone is 2. The van der Waals surface area contributed by atoms with E-state index in [1.54, 1.807) is 0 Å². The van der Waals surface area contributed by atoms with Crippen molar-refractivity contribution >= 4 is 0 Å². The Kier molecular flexibility index (Phi) is 9.20. The van der Waals surface area contributed by atoms with Gasteiger partial charge < -0.3 is 4.74 Å². The highest BCUT2D eigenvalue weighted by Crippen LogP contribution is 2.32. The average molecular weight is 393 g/mol. The summed E-state index contributed by atoms with van der Waals surface area (Å²) in [6, 6.07) is 8.56. The summed E-state index contributed by atoms with van der Waals surface area (Å²) in [6.45, 7) is 5.35. The third kappa shape index (κ3) is 7.58. The van der Waals surface area contributed by atoms with E-state index in [0.29, 0.717) is 11.8 Å². The van der Waals surface area contributed by atoms with Crippen LogP contribution in [0.3, 0.4) is 0 Å². The van der Waals surface area contributed by atoms with E-state index in [0.717, 1.165) is 30.6 Å². The Morgan fingerprint density at radius 3 is 2.24 bits per heavy atom. The first-order chi connectivity index (χ1) is 14.3. The molecule has 3 rings (SSSR count). The molecule has 0 atom stereocenters. The van der Waals surface area contributed by atoms with Crippen molar-refractivity contribution in [3.8, 4) is 17.6 Å². The Morgan fingerprint density at radius 1 is 0.897 bits per heavy atom. The fraction of sp³-hybridized carbons (Fsp3) is 0.643. The molecule has 2 aliphatic carbocycles. The molecule has 2 saturated carbocycles. The topological polar surface area (TPSA) is 9.23 Å². The fourth-order valence-corrected chi connectivity index (χ4v) is 4.94. The van der Waals surface area contributed by atoms with Crippen LogP contribution in [0, 0.1) is 35.5 Å². The van der Waals surface area contributed by atoms with Crippen LogP contribution in [0.2, 0.25) is 0 Å². The van der Waals surface area contributed by atoms with Gasteiger partial charge in [0.15, 0.2) is 0 Å². The Balaban J connectivity index is 1.32. The second-order valence-electron chi connectivity index (χ2n) is 9.24. The molecule has 0 heterocycles. The van der Waals surface area contributed by atoms with Crippen molar-refractivity contribution in [1.29, 1.82) is 0 Å². The number of hydrogen-bond acceptors (Lipinski definition) is 1. The Hall–Kier alpha value is -1.68. The third-order valence-corrected chi connectivity index (χ3v) is 6.99. The van der Waals surface area contributed by atoms with Gasteiger partial charge >= 0.3 is 0 Å².